The molecular weight excluding hydrogens is 116 g/mol. The highest BCUT2D eigenvalue weighted by molar-refractivity contribution is 5.73. The number of carbonyl (C=O) groups excluding carboxylic acids is 1. The molecule has 2 N–H and O–H groups in total. The number of nitrogens with one attached hydrogen (secondary N) is 2. The summed E-state index contributed by atoms with van der Waals surface area (Å²) in [5, 5.41) is 2.81. The van der Waals surface area contributed by atoms with Gasteiger partial charge in [0.1, 0.15) is 6.04 Å². The molecule has 3 heteroatoms. The van der Waals surface area contributed by atoms with E-state index in [9.17, 15) is 4.79 Å². The molecule has 1 aliphatic heterocycles. The second-order valence-electron chi connectivity index (χ2n) is 2.56. The summed E-state index contributed by atoms with van der Waals surface area (Å²) in [6.45, 7) is 3.49. The van der Waals surface area contributed by atoms with Crippen LogP contribution in [-0.4, -0.2) is 25.0 Å². The molecular formula is C6H12N2O. The van der Waals surface area contributed by atoms with Gasteiger partial charge in [-0.3, -0.25) is 4.79 Å². The first-order valence-electron chi connectivity index (χ1n) is 3.12. The number of amides is 1. The largest absolute Gasteiger partial charge is 0.464 e. The topological polar surface area (TPSA) is 33.5 Å². The Hall–Kier alpha value is -0.570. The zero-order chi connectivity index (χ0) is 6.85. The van der Waals surface area contributed by atoms with Gasteiger partial charge < -0.3 is 10.2 Å². The molecule has 1 saturated heterocycles. The summed E-state index contributed by atoms with van der Waals surface area (Å²) in [6, 6.07) is 0.384. The SMILES string of the molecule is [CH2-][NH+]1CC(NC(C)=O)C1. The van der Waals surface area contributed by atoms with Crippen molar-refractivity contribution in [2.24, 2.45) is 0 Å². The minimum absolute atomic E-state index is 0.0625. The Morgan fingerprint density at radius 1 is 1.78 bits per heavy atom. The number of rotatable bonds is 1. The molecule has 0 unspecified atom stereocenters. The maximum atomic E-state index is 10.4. The molecule has 1 heterocycles. The Morgan fingerprint density at radius 3 is 2.67 bits per heavy atom. The third-order valence-electron chi connectivity index (χ3n) is 1.48. The van der Waals surface area contributed by atoms with Crippen LogP contribution in [0.5, 0.6) is 0 Å². The third-order valence-corrected chi connectivity index (χ3v) is 1.48. The third kappa shape index (κ3) is 1.68. The van der Waals surface area contributed by atoms with Crippen LogP contribution < -0.4 is 10.2 Å². The number of hydrogen-bond donors (Lipinski definition) is 2. The van der Waals surface area contributed by atoms with Gasteiger partial charge in [0, 0.05) is 6.92 Å². The van der Waals surface area contributed by atoms with E-state index in [1.165, 1.54) is 4.90 Å². The van der Waals surface area contributed by atoms with Gasteiger partial charge in [0.25, 0.3) is 0 Å². The smallest absolute Gasteiger partial charge is 0.217 e. The predicted molar refractivity (Wildman–Crippen MR) is 33.7 cm³/mol. The van der Waals surface area contributed by atoms with Crippen molar-refractivity contribution in [1.29, 1.82) is 0 Å². The maximum Gasteiger partial charge on any atom is 0.217 e. The number of likely N-dealkylation sites (tertiary alicyclic amines) is 1. The van der Waals surface area contributed by atoms with Crippen LogP contribution in [0.15, 0.2) is 0 Å². The quantitative estimate of drug-likeness (QED) is 0.401. The van der Waals surface area contributed by atoms with Crippen molar-refractivity contribution >= 4 is 5.91 Å². The summed E-state index contributed by atoms with van der Waals surface area (Å²) in [4.78, 5) is 11.7. The highest BCUT2D eigenvalue weighted by Crippen LogP contribution is 1.82. The number of hydrogen-bond acceptors (Lipinski definition) is 1. The van der Waals surface area contributed by atoms with Crippen molar-refractivity contribution < 1.29 is 9.69 Å². The summed E-state index contributed by atoms with van der Waals surface area (Å²) >= 11 is 0. The van der Waals surface area contributed by atoms with Crippen molar-refractivity contribution in [3.8, 4) is 0 Å². The van der Waals surface area contributed by atoms with Crippen molar-refractivity contribution in [3.05, 3.63) is 7.05 Å². The molecule has 0 bridgehead atoms. The molecule has 1 rings (SSSR count). The summed E-state index contributed by atoms with van der Waals surface area (Å²) in [6.07, 6.45) is 0. The first kappa shape index (κ1) is 6.55. The average molecular weight is 128 g/mol. The highest BCUT2D eigenvalue weighted by atomic mass is 16.1. The first-order valence-corrected chi connectivity index (χ1v) is 3.12. The second kappa shape index (κ2) is 2.35. The zero-order valence-corrected chi connectivity index (χ0v) is 5.61. The van der Waals surface area contributed by atoms with E-state index >= 15 is 0 Å². The molecule has 0 spiro atoms. The fourth-order valence-electron chi connectivity index (χ4n) is 1.03. The average Bonchev–Trinajstić information content (AvgIpc) is 1.60. The van der Waals surface area contributed by atoms with Gasteiger partial charge in [0.2, 0.25) is 5.91 Å². The summed E-state index contributed by atoms with van der Waals surface area (Å²) < 4.78 is 0. The molecule has 0 aromatic rings. The van der Waals surface area contributed by atoms with E-state index in [2.05, 4.69) is 12.4 Å². The minimum atomic E-state index is 0.0625. The van der Waals surface area contributed by atoms with Crippen LogP contribution in [0, 0.1) is 7.05 Å². The van der Waals surface area contributed by atoms with Crippen LogP contribution in [0.4, 0.5) is 0 Å². The van der Waals surface area contributed by atoms with Gasteiger partial charge in [-0.2, -0.15) is 7.05 Å². The zero-order valence-electron chi connectivity index (χ0n) is 5.61. The van der Waals surface area contributed by atoms with Gasteiger partial charge in [0.15, 0.2) is 0 Å². The highest BCUT2D eigenvalue weighted by Gasteiger charge is 2.24. The Kier molecular flexibility index (Phi) is 1.71. The van der Waals surface area contributed by atoms with E-state index in [1.54, 1.807) is 6.92 Å². The van der Waals surface area contributed by atoms with E-state index in [1.807, 2.05) is 0 Å². The van der Waals surface area contributed by atoms with Gasteiger partial charge in [0.05, 0.1) is 13.1 Å². The van der Waals surface area contributed by atoms with Gasteiger partial charge in [-0.1, -0.05) is 0 Å². The van der Waals surface area contributed by atoms with Crippen LogP contribution in [0.25, 0.3) is 0 Å². The summed E-state index contributed by atoms with van der Waals surface area (Å²) in [7, 11) is 3.77. The lowest BCUT2D eigenvalue weighted by atomic mass is 10.1. The lowest BCUT2D eigenvalue weighted by Gasteiger charge is -2.37. The van der Waals surface area contributed by atoms with E-state index in [0.717, 1.165) is 13.1 Å². The Labute approximate surface area is 55.0 Å². The molecule has 1 amide bonds. The number of quaternary nitrogens is 1. The molecule has 0 atom stereocenters. The van der Waals surface area contributed by atoms with Crippen LogP contribution in [-0.2, 0) is 4.79 Å². The molecule has 1 aliphatic rings. The molecule has 0 saturated carbocycles. The van der Waals surface area contributed by atoms with E-state index < -0.39 is 0 Å². The lowest BCUT2D eigenvalue weighted by Crippen LogP contribution is -3.18. The van der Waals surface area contributed by atoms with Crippen molar-refractivity contribution in [1.82, 2.24) is 5.32 Å². The lowest BCUT2D eigenvalue weighted by molar-refractivity contribution is -0.898. The van der Waals surface area contributed by atoms with Crippen LogP contribution in [0.3, 0.4) is 0 Å². The van der Waals surface area contributed by atoms with Gasteiger partial charge in [-0.25, -0.2) is 0 Å². The van der Waals surface area contributed by atoms with E-state index in [-0.39, 0.29) is 5.91 Å². The minimum Gasteiger partial charge on any atom is -0.464 e. The number of carbonyl (C=O) groups is 1. The second-order valence-corrected chi connectivity index (χ2v) is 2.56. The van der Waals surface area contributed by atoms with Crippen LogP contribution >= 0.6 is 0 Å². The van der Waals surface area contributed by atoms with E-state index in [4.69, 9.17) is 0 Å². The fourth-order valence-corrected chi connectivity index (χ4v) is 1.03. The van der Waals surface area contributed by atoms with E-state index in [0.29, 0.717) is 6.04 Å². The van der Waals surface area contributed by atoms with Gasteiger partial charge in [-0.05, 0) is 0 Å². The molecule has 3 nitrogen and oxygen atoms in total. The molecule has 1 fully saturated rings. The predicted octanol–water partition coefficient (Wildman–Crippen LogP) is -1.82. The van der Waals surface area contributed by atoms with Crippen LogP contribution in [0.2, 0.25) is 0 Å². The Morgan fingerprint density at radius 2 is 2.33 bits per heavy atom. The van der Waals surface area contributed by atoms with Crippen molar-refractivity contribution in [2.75, 3.05) is 13.1 Å². The van der Waals surface area contributed by atoms with Crippen molar-refractivity contribution in [3.63, 3.8) is 0 Å². The fraction of sp³-hybridized carbons (Fsp3) is 0.667. The first-order chi connectivity index (χ1) is 4.18. The van der Waals surface area contributed by atoms with Gasteiger partial charge >= 0.3 is 0 Å². The normalized spacial score (nSPS) is 33.1. The standard InChI is InChI=1S/C6H12N2O/c1-5(9)7-6-3-8(2)4-6/h6,8H,2-4H2,1H3,(H,7,9). The molecule has 0 aromatic heterocycles. The molecule has 0 aliphatic carbocycles. The summed E-state index contributed by atoms with van der Waals surface area (Å²) in [5.74, 6) is 0.0625. The Bertz CT molecular complexity index is 118. The van der Waals surface area contributed by atoms with Crippen LogP contribution in [0.1, 0.15) is 6.92 Å². The summed E-state index contributed by atoms with van der Waals surface area (Å²) in [5.41, 5.74) is 0. The maximum absolute atomic E-state index is 10.4. The molecule has 52 valence electrons. The van der Waals surface area contributed by atoms with Gasteiger partial charge in [-0.15, -0.1) is 0 Å². The monoisotopic (exact) mass is 128 g/mol. The molecule has 0 radical (unpaired) electrons. The van der Waals surface area contributed by atoms with Crippen molar-refractivity contribution in [2.45, 2.75) is 13.0 Å². The molecule has 0 aromatic carbocycles. The Balaban J connectivity index is 2.11. The molecule has 9 heavy (non-hydrogen) atoms.